The molecule has 1 aromatic carbocycles. The van der Waals surface area contributed by atoms with Gasteiger partial charge in [-0.3, -0.25) is 0 Å². The summed E-state index contributed by atoms with van der Waals surface area (Å²) in [5, 5.41) is 8.64. The molecule has 1 aromatic rings. The minimum Gasteiger partial charge on any atom is -0.192 e. The molecule has 0 N–H and O–H groups in total. The fourth-order valence-electron chi connectivity index (χ4n) is 0.721. The fourth-order valence-corrected chi connectivity index (χ4v) is 1.18. The van der Waals surface area contributed by atoms with Gasteiger partial charge in [0, 0.05) is 3.57 Å². The lowest BCUT2D eigenvalue weighted by Crippen LogP contribution is -1.82. The maximum Gasteiger partial charge on any atom is 0.100 e. The van der Waals surface area contributed by atoms with Gasteiger partial charge in [-0.05, 0) is 46.4 Å². The van der Waals surface area contributed by atoms with Crippen LogP contribution in [0.1, 0.15) is 11.1 Å². The van der Waals surface area contributed by atoms with Crippen molar-refractivity contribution in [1.29, 1.82) is 5.26 Å². The van der Waals surface area contributed by atoms with Gasteiger partial charge in [-0.2, -0.15) is 5.26 Å². The van der Waals surface area contributed by atoms with Crippen LogP contribution in [-0.4, -0.2) is 0 Å². The lowest BCUT2D eigenvalue weighted by molar-refractivity contribution is 1.44. The first-order valence-electron chi connectivity index (χ1n) is 3.00. The summed E-state index contributed by atoms with van der Waals surface area (Å²) in [6.07, 6.45) is 2.72. The fraction of sp³-hybridized carbons (Fsp3) is 0. The summed E-state index contributed by atoms with van der Waals surface area (Å²) in [5.41, 5.74) is 1.54. The van der Waals surface area contributed by atoms with Crippen LogP contribution < -0.4 is 0 Å². The molecule has 0 saturated carbocycles. The number of nitrogens with zero attached hydrogens (tertiary/aromatic N) is 1. The third kappa shape index (κ3) is 1.81. The van der Waals surface area contributed by atoms with E-state index in [1.54, 1.807) is 6.07 Å². The van der Waals surface area contributed by atoms with Crippen molar-refractivity contribution in [2.75, 3.05) is 0 Å². The van der Waals surface area contributed by atoms with Gasteiger partial charge in [-0.15, -0.1) is 0 Å². The number of nitriles is 1. The minimum absolute atomic E-state index is 0.680. The van der Waals surface area contributed by atoms with E-state index in [0.29, 0.717) is 5.56 Å². The predicted octanol–water partition coefficient (Wildman–Crippen LogP) is 2.50. The lowest BCUT2D eigenvalue weighted by Gasteiger charge is -1.95. The maximum atomic E-state index is 8.64. The van der Waals surface area contributed by atoms with Gasteiger partial charge in [0.15, 0.2) is 0 Å². The third-order valence-corrected chi connectivity index (χ3v) is 2.23. The van der Waals surface area contributed by atoms with E-state index in [4.69, 9.17) is 5.26 Å². The molecule has 1 radical (unpaired) electrons. The Morgan fingerprint density at radius 2 is 2.18 bits per heavy atom. The molecule has 1 nitrogen and oxygen atoms in total. The first-order chi connectivity index (χ1) is 5.27. The highest BCUT2D eigenvalue weighted by atomic mass is 127. The van der Waals surface area contributed by atoms with Crippen molar-refractivity contribution in [3.8, 4) is 6.07 Å². The topological polar surface area (TPSA) is 23.8 Å². The molecule has 0 aliphatic rings. The Bertz CT molecular complexity index is 323. The van der Waals surface area contributed by atoms with Crippen LogP contribution in [0.4, 0.5) is 0 Å². The Kier molecular flexibility index (Phi) is 2.66. The summed E-state index contributed by atoms with van der Waals surface area (Å²) >= 11 is 2.12. The van der Waals surface area contributed by atoms with Crippen molar-refractivity contribution in [1.82, 2.24) is 0 Å². The van der Waals surface area contributed by atoms with Gasteiger partial charge < -0.3 is 0 Å². The molecule has 0 aliphatic heterocycles. The van der Waals surface area contributed by atoms with Crippen molar-refractivity contribution in [3.05, 3.63) is 45.6 Å². The first-order valence-corrected chi connectivity index (χ1v) is 4.08. The standard InChI is InChI=1S/C9H5IN/c1-2-7-3-4-9(10)8(5-7)6-11/h3-5H,1H2. The number of hydrogen-bond acceptors (Lipinski definition) is 1. The normalized spacial score (nSPS) is 8.73. The van der Waals surface area contributed by atoms with Gasteiger partial charge in [0.25, 0.3) is 0 Å². The average molecular weight is 254 g/mol. The Balaban J connectivity index is 3.25. The van der Waals surface area contributed by atoms with Gasteiger partial charge in [0.1, 0.15) is 6.07 Å². The molecule has 0 unspecified atom stereocenters. The molecule has 53 valence electrons. The van der Waals surface area contributed by atoms with E-state index in [0.717, 1.165) is 9.13 Å². The molecule has 0 heterocycles. The third-order valence-electron chi connectivity index (χ3n) is 1.29. The highest BCUT2D eigenvalue weighted by Crippen LogP contribution is 2.12. The number of benzene rings is 1. The Morgan fingerprint density at radius 3 is 2.73 bits per heavy atom. The van der Waals surface area contributed by atoms with E-state index in [2.05, 4.69) is 41.3 Å². The van der Waals surface area contributed by atoms with Crippen molar-refractivity contribution < 1.29 is 0 Å². The lowest BCUT2D eigenvalue weighted by atomic mass is 10.1. The molecule has 0 aliphatic carbocycles. The van der Waals surface area contributed by atoms with Crippen LogP contribution in [0.3, 0.4) is 0 Å². The zero-order chi connectivity index (χ0) is 8.27. The molecule has 0 aromatic heterocycles. The monoisotopic (exact) mass is 254 g/mol. The molecule has 0 atom stereocenters. The molecular formula is C9H5IN. The highest BCUT2D eigenvalue weighted by molar-refractivity contribution is 14.1. The molecule has 1 rings (SSSR count). The van der Waals surface area contributed by atoms with Crippen LogP contribution in [-0.2, 0) is 0 Å². The van der Waals surface area contributed by atoms with Crippen LogP contribution in [0.2, 0.25) is 0 Å². The minimum atomic E-state index is 0.680. The summed E-state index contributed by atoms with van der Waals surface area (Å²) < 4.78 is 0.962. The van der Waals surface area contributed by atoms with Crippen molar-refractivity contribution in [2.45, 2.75) is 0 Å². The predicted molar refractivity (Wildman–Crippen MR) is 51.8 cm³/mol. The summed E-state index contributed by atoms with van der Waals surface area (Å²) in [5.74, 6) is 0. The summed E-state index contributed by atoms with van der Waals surface area (Å²) in [7, 11) is 0. The number of rotatable bonds is 1. The molecule has 0 spiro atoms. The molecular weight excluding hydrogens is 249 g/mol. The van der Waals surface area contributed by atoms with Crippen molar-refractivity contribution in [2.24, 2.45) is 0 Å². The summed E-state index contributed by atoms with van der Waals surface area (Å²) in [6.45, 7) is 3.50. The second-order valence-corrected chi connectivity index (χ2v) is 3.15. The van der Waals surface area contributed by atoms with E-state index in [1.807, 2.05) is 12.1 Å². The zero-order valence-electron chi connectivity index (χ0n) is 5.76. The second-order valence-electron chi connectivity index (χ2n) is 1.98. The SMILES string of the molecule is C=[C]c1ccc(I)c(C#N)c1. The molecule has 11 heavy (non-hydrogen) atoms. The highest BCUT2D eigenvalue weighted by Gasteiger charge is 1.97. The Hall–Kier alpha value is -0.820. The molecule has 0 saturated heterocycles. The maximum absolute atomic E-state index is 8.64. The molecule has 0 bridgehead atoms. The summed E-state index contributed by atoms with van der Waals surface area (Å²) in [6, 6.07) is 7.63. The van der Waals surface area contributed by atoms with E-state index in [1.165, 1.54) is 0 Å². The molecule has 0 amide bonds. The largest absolute Gasteiger partial charge is 0.192 e. The average Bonchev–Trinajstić information content (AvgIpc) is 2.05. The van der Waals surface area contributed by atoms with Gasteiger partial charge in [-0.1, -0.05) is 12.6 Å². The zero-order valence-corrected chi connectivity index (χ0v) is 7.92. The van der Waals surface area contributed by atoms with E-state index < -0.39 is 0 Å². The van der Waals surface area contributed by atoms with Crippen LogP contribution in [0.15, 0.2) is 24.8 Å². The smallest absolute Gasteiger partial charge is 0.100 e. The second kappa shape index (κ2) is 3.54. The molecule has 2 heteroatoms. The van der Waals surface area contributed by atoms with E-state index >= 15 is 0 Å². The summed E-state index contributed by atoms with van der Waals surface area (Å²) in [4.78, 5) is 0. The Morgan fingerprint density at radius 1 is 1.45 bits per heavy atom. The number of hydrogen-bond donors (Lipinski definition) is 0. The quantitative estimate of drug-likeness (QED) is 0.706. The van der Waals surface area contributed by atoms with Crippen LogP contribution in [0.25, 0.3) is 0 Å². The van der Waals surface area contributed by atoms with Crippen LogP contribution >= 0.6 is 22.6 Å². The van der Waals surface area contributed by atoms with Crippen LogP contribution in [0.5, 0.6) is 0 Å². The van der Waals surface area contributed by atoms with Gasteiger partial charge >= 0.3 is 0 Å². The van der Waals surface area contributed by atoms with Crippen molar-refractivity contribution >= 4 is 22.6 Å². The van der Waals surface area contributed by atoms with Crippen molar-refractivity contribution in [3.63, 3.8) is 0 Å². The van der Waals surface area contributed by atoms with Gasteiger partial charge in [-0.25, -0.2) is 0 Å². The van der Waals surface area contributed by atoms with E-state index in [-0.39, 0.29) is 0 Å². The van der Waals surface area contributed by atoms with Gasteiger partial charge in [0.2, 0.25) is 0 Å². The Labute approximate surface area is 79.5 Å². The first kappa shape index (κ1) is 8.28. The number of halogens is 1. The van der Waals surface area contributed by atoms with Gasteiger partial charge in [0.05, 0.1) is 5.56 Å². The van der Waals surface area contributed by atoms with E-state index in [9.17, 15) is 0 Å². The molecule has 0 fully saturated rings. The van der Waals surface area contributed by atoms with Crippen LogP contribution in [0, 0.1) is 21.0 Å².